The zero-order valence-corrected chi connectivity index (χ0v) is 12.8. The summed E-state index contributed by atoms with van der Waals surface area (Å²) < 4.78 is 14.0. The van der Waals surface area contributed by atoms with E-state index >= 15 is 0 Å². The molecular formula is C13H10FN5OS2. The third-order valence-electron chi connectivity index (χ3n) is 3.42. The quantitative estimate of drug-likeness (QED) is 0.641. The normalized spacial score (nSPS) is 14.4. The molecule has 0 radical (unpaired) electrons. The maximum Gasteiger partial charge on any atom is 0.259 e. The molecule has 22 heavy (non-hydrogen) atoms. The van der Waals surface area contributed by atoms with Crippen molar-refractivity contribution >= 4 is 45.6 Å². The molecule has 3 N–H and O–H groups in total. The number of imidazole rings is 1. The fourth-order valence-corrected chi connectivity index (χ4v) is 3.35. The minimum atomic E-state index is -0.515. The van der Waals surface area contributed by atoms with Gasteiger partial charge in [0.05, 0.1) is 16.6 Å². The van der Waals surface area contributed by atoms with Gasteiger partial charge in [0.1, 0.15) is 10.8 Å². The van der Waals surface area contributed by atoms with Crippen LogP contribution in [0, 0.1) is 10.6 Å². The van der Waals surface area contributed by atoms with Crippen molar-refractivity contribution in [1.82, 2.24) is 20.2 Å². The van der Waals surface area contributed by atoms with E-state index in [2.05, 4.69) is 25.5 Å². The van der Waals surface area contributed by atoms with Gasteiger partial charge in [0.25, 0.3) is 5.91 Å². The van der Waals surface area contributed by atoms with Gasteiger partial charge in [0.15, 0.2) is 4.77 Å². The van der Waals surface area contributed by atoms with E-state index in [4.69, 9.17) is 12.2 Å². The number of halogens is 1. The molecule has 4 rings (SSSR count). The van der Waals surface area contributed by atoms with Gasteiger partial charge in [0.2, 0.25) is 5.13 Å². The van der Waals surface area contributed by atoms with Gasteiger partial charge in [-0.3, -0.25) is 10.1 Å². The molecule has 0 spiro atoms. The Labute approximate surface area is 132 Å². The van der Waals surface area contributed by atoms with Crippen LogP contribution in [0.15, 0.2) is 12.1 Å². The van der Waals surface area contributed by atoms with E-state index < -0.39 is 11.7 Å². The first-order valence-corrected chi connectivity index (χ1v) is 7.89. The molecule has 3 aromatic rings. The molecule has 2 aromatic heterocycles. The Kier molecular flexibility index (Phi) is 3.05. The predicted octanol–water partition coefficient (Wildman–Crippen LogP) is 3.35. The third kappa shape index (κ3) is 2.42. The number of aromatic amines is 2. The highest BCUT2D eigenvalue weighted by Crippen LogP contribution is 2.42. The molecular weight excluding hydrogens is 325 g/mol. The van der Waals surface area contributed by atoms with E-state index in [1.807, 2.05) is 0 Å². The van der Waals surface area contributed by atoms with Crippen molar-refractivity contribution in [3.8, 4) is 0 Å². The Hall–Kier alpha value is -2.13. The molecule has 6 nitrogen and oxygen atoms in total. The largest absolute Gasteiger partial charge is 0.331 e. The SMILES string of the molecule is O=C(Nc1nnc(C2CC2)s1)c1cc(F)cc2[nH]c(=S)[nH]c12. The van der Waals surface area contributed by atoms with Gasteiger partial charge < -0.3 is 9.97 Å². The molecule has 1 fully saturated rings. The van der Waals surface area contributed by atoms with Crippen LogP contribution in [0.25, 0.3) is 11.0 Å². The zero-order valence-electron chi connectivity index (χ0n) is 11.1. The van der Waals surface area contributed by atoms with Crippen molar-refractivity contribution in [1.29, 1.82) is 0 Å². The molecule has 0 atom stereocenters. The summed E-state index contributed by atoms with van der Waals surface area (Å²) in [6.45, 7) is 0. The number of benzene rings is 1. The highest BCUT2D eigenvalue weighted by atomic mass is 32.1. The lowest BCUT2D eigenvalue weighted by molar-refractivity contribution is 0.102. The molecule has 1 aliphatic carbocycles. The molecule has 0 aliphatic heterocycles. The van der Waals surface area contributed by atoms with Crippen LogP contribution in [0.2, 0.25) is 0 Å². The van der Waals surface area contributed by atoms with Crippen LogP contribution < -0.4 is 5.32 Å². The first kappa shape index (κ1) is 13.5. The average molecular weight is 335 g/mol. The van der Waals surface area contributed by atoms with Gasteiger partial charge in [-0.05, 0) is 37.2 Å². The lowest BCUT2D eigenvalue weighted by Gasteiger charge is -2.03. The summed E-state index contributed by atoms with van der Waals surface area (Å²) in [5.74, 6) is -0.489. The van der Waals surface area contributed by atoms with E-state index in [0.29, 0.717) is 26.9 Å². The van der Waals surface area contributed by atoms with Crippen molar-refractivity contribution in [2.45, 2.75) is 18.8 Å². The van der Waals surface area contributed by atoms with Gasteiger partial charge >= 0.3 is 0 Å². The Morgan fingerprint density at radius 3 is 2.95 bits per heavy atom. The van der Waals surface area contributed by atoms with Crippen LogP contribution in [0.1, 0.15) is 34.1 Å². The molecule has 1 aliphatic rings. The number of anilines is 1. The fourth-order valence-electron chi connectivity index (χ4n) is 2.23. The number of H-pyrrole nitrogens is 2. The molecule has 1 saturated carbocycles. The summed E-state index contributed by atoms with van der Waals surface area (Å²) in [5.41, 5.74) is 1.09. The minimum Gasteiger partial charge on any atom is -0.331 e. The highest BCUT2D eigenvalue weighted by molar-refractivity contribution is 7.71. The van der Waals surface area contributed by atoms with E-state index in [0.717, 1.165) is 17.8 Å². The zero-order chi connectivity index (χ0) is 15.3. The number of hydrogen-bond acceptors (Lipinski definition) is 5. The lowest BCUT2D eigenvalue weighted by Crippen LogP contribution is -2.12. The molecule has 112 valence electrons. The van der Waals surface area contributed by atoms with Gasteiger partial charge in [-0.25, -0.2) is 4.39 Å². The second-order valence-electron chi connectivity index (χ2n) is 5.13. The smallest absolute Gasteiger partial charge is 0.259 e. The van der Waals surface area contributed by atoms with E-state index in [1.165, 1.54) is 23.5 Å². The van der Waals surface area contributed by atoms with Crippen LogP contribution in [0.5, 0.6) is 0 Å². The number of aromatic nitrogens is 4. The van der Waals surface area contributed by atoms with Crippen molar-refractivity contribution in [2.24, 2.45) is 0 Å². The van der Waals surface area contributed by atoms with Crippen molar-refractivity contribution in [2.75, 3.05) is 5.32 Å². The summed E-state index contributed by atoms with van der Waals surface area (Å²) in [4.78, 5) is 18.0. The Bertz CT molecular complexity index is 939. The fraction of sp³-hybridized carbons (Fsp3) is 0.231. The minimum absolute atomic E-state index is 0.172. The summed E-state index contributed by atoms with van der Waals surface area (Å²) in [6, 6.07) is 2.45. The Morgan fingerprint density at radius 2 is 2.18 bits per heavy atom. The lowest BCUT2D eigenvalue weighted by atomic mass is 10.1. The average Bonchev–Trinajstić information content (AvgIpc) is 3.10. The molecule has 0 saturated heterocycles. The van der Waals surface area contributed by atoms with Crippen molar-refractivity contribution in [3.05, 3.63) is 33.3 Å². The first-order valence-electron chi connectivity index (χ1n) is 6.66. The number of rotatable bonds is 3. The predicted molar refractivity (Wildman–Crippen MR) is 83.3 cm³/mol. The summed E-state index contributed by atoms with van der Waals surface area (Å²) in [7, 11) is 0. The summed E-state index contributed by atoms with van der Waals surface area (Å²) in [5, 5.41) is 12.0. The standard InChI is InChI=1S/C13H10FN5OS2/c14-6-3-7(9-8(4-6)15-12(21)16-9)10(20)17-13-19-18-11(22-13)5-1-2-5/h3-5H,1-2H2,(H2,15,16,21)(H,17,19,20). The maximum absolute atomic E-state index is 13.7. The van der Waals surface area contributed by atoms with Crippen LogP contribution in [0.4, 0.5) is 9.52 Å². The van der Waals surface area contributed by atoms with Crippen molar-refractivity contribution in [3.63, 3.8) is 0 Å². The molecule has 1 amide bonds. The van der Waals surface area contributed by atoms with Crippen LogP contribution in [0.3, 0.4) is 0 Å². The molecule has 1 aromatic carbocycles. The van der Waals surface area contributed by atoms with Gasteiger partial charge in [-0.15, -0.1) is 10.2 Å². The number of carbonyl (C=O) groups excluding carboxylic acids is 1. The third-order valence-corrected chi connectivity index (χ3v) is 4.63. The van der Waals surface area contributed by atoms with E-state index in [9.17, 15) is 9.18 Å². The van der Waals surface area contributed by atoms with E-state index in [1.54, 1.807) is 0 Å². The highest BCUT2D eigenvalue weighted by Gasteiger charge is 2.28. The van der Waals surface area contributed by atoms with Crippen LogP contribution in [-0.4, -0.2) is 26.1 Å². The number of amides is 1. The second-order valence-corrected chi connectivity index (χ2v) is 6.55. The molecule has 0 unspecified atom stereocenters. The number of nitrogens with zero attached hydrogens (tertiary/aromatic N) is 2. The molecule has 2 heterocycles. The van der Waals surface area contributed by atoms with Gasteiger partial charge in [0, 0.05) is 5.92 Å². The number of nitrogens with one attached hydrogen (secondary N) is 3. The topological polar surface area (TPSA) is 86.5 Å². The number of hydrogen-bond donors (Lipinski definition) is 3. The first-order chi connectivity index (χ1) is 10.6. The van der Waals surface area contributed by atoms with Crippen molar-refractivity contribution < 1.29 is 9.18 Å². The monoisotopic (exact) mass is 335 g/mol. The molecule has 9 heteroatoms. The van der Waals surface area contributed by atoms with Crippen LogP contribution in [-0.2, 0) is 0 Å². The molecule has 0 bridgehead atoms. The van der Waals surface area contributed by atoms with E-state index in [-0.39, 0.29) is 5.56 Å². The Morgan fingerprint density at radius 1 is 1.36 bits per heavy atom. The maximum atomic E-state index is 13.7. The second kappa shape index (κ2) is 4.96. The van der Waals surface area contributed by atoms with Crippen LogP contribution >= 0.6 is 23.6 Å². The number of carbonyl (C=O) groups is 1. The van der Waals surface area contributed by atoms with Gasteiger partial charge in [-0.1, -0.05) is 11.3 Å². The van der Waals surface area contributed by atoms with Gasteiger partial charge in [-0.2, -0.15) is 0 Å². The summed E-state index contributed by atoms with van der Waals surface area (Å²) >= 11 is 6.34. The Balaban J connectivity index is 1.67. The number of fused-ring (bicyclic) bond motifs is 1. The summed E-state index contributed by atoms with van der Waals surface area (Å²) in [6.07, 6.45) is 2.24.